The summed E-state index contributed by atoms with van der Waals surface area (Å²) in [5.41, 5.74) is 0.541. The van der Waals surface area contributed by atoms with E-state index in [-0.39, 0.29) is 11.1 Å². The second-order valence-corrected chi connectivity index (χ2v) is 7.65. The molecule has 2 rings (SSSR count). The summed E-state index contributed by atoms with van der Waals surface area (Å²) in [6.45, 7) is 6.89. The second-order valence-electron chi connectivity index (χ2n) is 7.65. The Hall–Kier alpha value is -2.82. The number of ether oxygens (including phenoxy) is 1. The van der Waals surface area contributed by atoms with Gasteiger partial charge in [0.25, 0.3) is 0 Å². The summed E-state index contributed by atoms with van der Waals surface area (Å²) in [6.07, 6.45) is -19.2. The van der Waals surface area contributed by atoms with Gasteiger partial charge in [-0.05, 0) is 22.3 Å². The summed E-state index contributed by atoms with van der Waals surface area (Å²) >= 11 is 0. The van der Waals surface area contributed by atoms with E-state index >= 15 is 0 Å². The highest BCUT2D eigenvalue weighted by molar-refractivity contribution is 5.48. The van der Waals surface area contributed by atoms with Crippen molar-refractivity contribution >= 4 is 12.2 Å². The molecule has 0 bridgehead atoms. The molecule has 0 fully saturated rings. The minimum Gasteiger partial charge on any atom is -0.361 e. The molecule has 2 aromatic carbocycles. The van der Waals surface area contributed by atoms with Crippen LogP contribution >= 0.6 is 0 Å². The average Bonchev–Trinajstić information content (AvgIpc) is 2.77. The summed E-state index contributed by atoms with van der Waals surface area (Å²) in [6, 6.07) is 9.66. The van der Waals surface area contributed by atoms with Gasteiger partial charge in [-0.1, -0.05) is 73.8 Å². The molecule has 0 heterocycles. The molecule has 0 aliphatic heterocycles. The van der Waals surface area contributed by atoms with E-state index < -0.39 is 49.2 Å². The Bertz CT molecular complexity index is 907. The Labute approximate surface area is 194 Å². The van der Waals surface area contributed by atoms with Gasteiger partial charge >= 0.3 is 24.2 Å². The van der Waals surface area contributed by atoms with Crippen LogP contribution in [0.25, 0.3) is 12.2 Å². The molecule has 0 aromatic heterocycles. The molecule has 0 saturated carbocycles. The van der Waals surface area contributed by atoms with Crippen LogP contribution in [-0.2, 0) is 17.6 Å². The zero-order valence-corrected chi connectivity index (χ0v) is 17.9. The Kier molecular flexibility index (Phi) is 8.47. The van der Waals surface area contributed by atoms with Gasteiger partial charge in [0, 0.05) is 12.8 Å². The predicted octanol–water partition coefficient (Wildman–Crippen LogP) is 7.91. The summed E-state index contributed by atoms with van der Waals surface area (Å²) in [5.74, 6) is -11.5. The van der Waals surface area contributed by atoms with Crippen molar-refractivity contribution < 1.29 is 48.6 Å². The van der Waals surface area contributed by atoms with Gasteiger partial charge in [0.2, 0.25) is 0 Å². The maximum Gasteiger partial charge on any atom is 0.456 e. The molecule has 0 amide bonds. The fourth-order valence-corrected chi connectivity index (χ4v) is 3.09. The van der Waals surface area contributed by atoms with Gasteiger partial charge in [-0.2, -0.15) is 43.9 Å². The highest BCUT2D eigenvalue weighted by atomic mass is 19.4. The lowest BCUT2D eigenvalue weighted by Crippen LogP contribution is -2.56. The molecule has 11 heteroatoms. The van der Waals surface area contributed by atoms with Crippen molar-refractivity contribution in [2.45, 2.75) is 49.2 Å². The summed E-state index contributed by atoms with van der Waals surface area (Å²) < 4.78 is 140. The van der Waals surface area contributed by atoms with Gasteiger partial charge in [0.1, 0.15) is 12.2 Å². The van der Waals surface area contributed by atoms with Gasteiger partial charge in [0.15, 0.2) is 0 Å². The van der Waals surface area contributed by atoms with E-state index in [2.05, 4.69) is 17.9 Å². The molecular formula is C24H20F10O. The van der Waals surface area contributed by atoms with Crippen molar-refractivity contribution in [1.29, 1.82) is 0 Å². The summed E-state index contributed by atoms with van der Waals surface area (Å²) in [4.78, 5) is 0. The van der Waals surface area contributed by atoms with Crippen LogP contribution in [0.4, 0.5) is 43.9 Å². The molecule has 0 radical (unpaired) electrons. The Morgan fingerprint density at radius 3 is 1.09 bits per heavy atom. The minimum absolute atomic E-state index is 0.200. The lowest BCUT2D eigenvalue weighted by Gasteiger charge is -2.35. The standard InChI is InChI=1S/C24H20F10O/c1-3-15-5-9-17(10-6-15)13-19(21(25,26)23(29,30)31)35-20(22(27,28)24(32,33)34)14-18-11-7-16(4-2)8-12-18/h3-12,19-20H,1-2,13-14H2. The third-order valence-electron chi connectivity index (χ3n) is 5.17. The molecule has 2 aromatic rings. The highest BCUT2D eigenvalue weighted by Crippen LogP contribution is 2.45. The van der Waals surface area contributed by atoms with Crippen molar-refractivity contribution in [3.63, 3.8) is 0 Å². The molecule has 0 saturated heterocycles. The molecule has 1 nitrogen and oxygen atoms in total. The SMILES string of the molecule is C=Cc1ccc(CC(OC(Cc2ccc(C=C)cc2)C(F)(F)C(F)(F)F)C(F)(F)C(F)(F)F)cc1. The zero-order valence-electron chi connectivity index (χ0n) is 17.9. The van der Waals surface area contributed by atoms with Crippen molar-refractivity contribution in [3.05, 3.63) is 83.9 Å². The molecule has 0 aliphatic carbocycles. The third kappa shape index (κ3) is 6.65. The monoisotopic (exact) mass is 514 g/mol. The van der Waals surface area contributed by atoms with Gasteiger partial charge < -0.3 is 4.74 Å². The van der Waals surface area contributed by atoms with E-state index in [9.17, 15) is 43.9 Å². The second kappa shape index (κ2) is 10.4. The van der Waals surface area contributed by atoms with Crippen LogP contribution in [0.2, 0.25) is 0 Å². The molecule has 0 aliphatic rings. The quantitative estimate of drug-likeness (QED) is 0.293. The average molecular weight is 514 g/mol. The van der Waals surface area contributed by atoms with Crippen molar-refractivity contribution in [3.8, 4) is 0 Å². The van der Waals surface area contributed by atoms with E-state index in [1.54, 1.807) is 0 Å². The van der Waals surface area contributed by atoms with Crippen LogP contribution in [0.5, 0.6) is 0 Å². The first-order valence-corrected chi connectivity index (χ1v) is 10.00. The van der Waals surface area contributed by atoms with E-state index in [0.717, 1.165) is 24.3 Å². The van der Waals surface area contributed by atoms with Crippen molar-refractivity contribution in [1.82, 2.24) is 0 Å². The normalized spacial score (nSPS) is 14.9. The Morgan fingerprint density at radius 2 is 0.857 bits per heavy atom. The molecule has 2 atom stereocenters. The highest BCUT2D eigenvalue weighted by Gasteiger charge is 2.67. The number of hydrogen-bond donors (Lipinski definition) is 0. The fourth-order valence-electron chi connectivity index (χ4n) is 3.09. The Balaban J connectivity index is 2.50. The van der Waals surface area contributed by atoms with Crippen LogP contribution in [0.1, 0.15) is 22.3 Å². The number of alkyl halides is 10. The first-order chi connectivity index (χ1) is 16.0. The summed E-state index contributed by atoms with van der Waals surface area (Å²) in [7, 11) is 0. The summed E-state index contributed by atoms with van der Waals surface area (Å²) in [5, 5.41) is 0. The zero-order chi connectivity index (χ0) is 26.7. The number of rotatable bonds is 10. The minimum atomic E-state index is -6.28. The number of hydrogen-bond acceptors (Lipinski definition) is 1. The molecule has 0 spiro atoms. The third-order valence-corrected chi connectivity index (χ3v) is 5.17. The maximum absolute atomic E-state index is 14.3. The van der Waals surface area contributed by atoms with Crippen LogP contribution in [0, 0.1) is 0 Å². The predicted molar refractivity (Wildman–Crippen MR) is 111 cm³/mol. The first-order valence-electron chi connectivity index (χ1n) is 10.00. The van der Waals surface area contributed by atoms with Gasteiger partial charge in [-0.25, -0.2) is 0 Å². The van der Waals surface area contributed by atoms with E-state index in [1.807, 2.05) is 0 Å². The van der Waals surface area contributed by atoms with Gasteiger partial charge in [0.05, 0.1) is 0 Å². The van der Waals surface area contributed by atoms with Gasteiger partial charge in [-0.3, -0.25) is 0 Å². The van der Waals surface area contributed by atoms with E-state index in [4.69, 9.17) is 0 Å². The maximum atomic E-state index is 14.3. The molecule has 0 N–H and O–H groups in total. The van der Waals surface area contributed by atoms with Gasteiger partial charge in [-0.15, -0.1) is 0 Å². The molecule has 2 unspecified atom stereocenters. The van der Waals surface area contributed by atoms with Crippen molar-refractivity contribution in [2.75, 3.05) is 0 Å². The van der Waals surface area contributed by atoms with Crippen LogP contribution in [0.15, 0.2) is 61.7 Å². The van der Waals surface area contributed by atoms with Crippen LogP contribution in [0.3, 0.4) is 0 Å². The first kappa shape index (κ1) is 28.4. The smallest absolute Gasteiger partial charge is 0.361 e. The van der Waals surface area contributed by atoms with Crippen LogP contribution in [-0.4, -0.2) is 36.4 Å². The fraction of sp³-hybridized carbons (Fsp3) is 0.333. The van der Waals surface area contributed by atoms with E-state index in [1.165, 1.54) is 36.4 Å². The van der Waals surface area contributed by atoms with Crippen LogP contribution < -0.4 is 0 Å². The lowest BCUT2D eigenvalue weighted by atomic mass is 9.98. The Morgan fingerprint density at radius 1 is 0.571 bits per heavy atom. The molecular weight excluding hydrogens is 494 g/mol. The molecule has 35 heavy (non-hydrogen) atoms. The number of benzene rings is 2. The topological polar surface area (TPSA) is 9.23 Å². The van der Waals surface area contributed by atoms with Crippen molar-refractivity contribution in [2.24, 2.45) is 0 Å². The largest absolute Gasteiger partial charge is 0.456 e. The van der Waals surface area contributed by atoms with E-state index in [0.29, 0.717) is 11.1 Å². The number of halogens is 10. The lowest BCUT2D eigenvalue weighted by molar-refractivity contribution is -0.356. The molecule has 192 valence electrons.